The van der Waals surface area contributed by atoms with Gasteiger partial charge in [0.25, 0.3) is 5.56 Å². The minimum Gasteiger partial charge on any atom is -0.440 e. The van der Waals surface area contributed by atoms with E-state index in [9.17, 15) is 9.59 Å². The molecule has 0 spiro atoms. The predicted molar refractivity (Wildman–Crippen MR) is 115 cm³/mol. The topological polar surface area (TPSA) is 101 Å². The molecule has 0 fully saturated rings. The number of nitrogens with one attached hydrogen (secondary N) is 1. The zero-order valence-corrected chi connectivity index (χ0v) is 17.0. The van der Waals surface area contributed by atoms with Gasteiger partial charge >= 0.3 is 5.69 Å². The van der Waals surface area contributed by atoms with Crippen molar-refractivity contribution in [3.05, 3.63) is 91.9 Å². The number of hydrogen-bond donors (Lipinski definition) is 1. The Morgan fingerprint density at radius 3 is 2.63 bits per heavy atom. The van der Waals surface area contributed by atoms with Crippen LogP contribution in [0.25, 0.3) is 6.08 Å². The molecule has 1 N–H and O–H groups in total. The molecule has 3 rings (SSSR count). The number of aryl methyl sites for hydroxylation is 1. The van der Waals surface area contributed by atoms with Crippen LogP contribution in [0.15, 0.2) is 58.4 Å². The summed E-state index contributed by atoms with van der Waals surface area (Å²) in [6.45, 7) is 5.87. The molecule has 30 heavy (non-hydrogen) atoms. The fourth-order valence-corrected chi connectivity index (χ4v) is 3.18. The average Bonchev–Trinajstić information content (AvgIpc) is 2.69. The van der Waals surface area contributed by atoms with E-state index in [4.69, 9.17) is 10.00 Å². The number of H-pyrrole nitrogens is 1. The van der Waals surface area contributed by atoms with Gasteiger partial charge in [-0.25, -0.2) is 4.79 Å². The van der Waals surface area contributed by atoms with Crippen molar-refractivity contribution in [2.75, 3.05) is 0 Å². The fourth-order valence-electron chi connectivity index (χ4n) is 3.18. The maximum Gasteiger partial charge on any atom is 0.331 e. The standard InChI is InChI=1S/C23H22N4O3/c1-15(2)20-21(28)26-23(29)27(14-17-6-9-25-10-7-17)22(20)30-19-12-16(3)11-18(13-19)5-4-8-24/h4-7,9-13,15H,14H2,1-3H3,(H,26,28,29). The third kappa shape index (κ3) is 4.73. The van der Waals surface area contributed by atoms with Crippen LogP contribution in [0.3, 0.4) is 0 Å². The van der Waals surface area contributed by atoms with Crippen molar-refractivity contribution in [3.8, 4) is 17.7 Å². The summed E-state index contributed by atoms with van der Waals surface area (Å²) in [5, 5.41) is 8.79. The number of allylic oxidation sites excluding steroid dienone is 1. The predicted octanol–water partition coefficient (Wildman–Crippen LogP) is 3.74. The van der Waals surface area contributed by atoms with Crippen molar-refractivity contribution in [1.82, 2.24) is 14.5 Å². The quantitative estimate of drug-likeness (QED) is 0.633. The second kappa shape index (κ2) is 9.05. The Morgan fingerprint density at radius 1 is 1.23 bits per heavy atom. The van der Waals surface area contributed by atoms with Gasteiger partial charge < -0.3 is 4.74 Å². The summed E-state index contributed by atoms with van der Waals surface area (Å²) in [5.41, 5.74) is 1.93. The normalized spacial score (nSPS) is 11.0. The molecule has 0 unspecified atom stereocenters. The highest BCUT2D eigenvalue weighted by Gasteiger charge is 2.20. The molecule has 152 valence electrons. The first-order chi connectivity index (χ1) is 14.4. The number of aromatic amines is 1. The van der Waals surface area contributed by atoms with Crippen LogP contribution in [0.1, 0.15) is 42.0 Å². The Labute approximate surface area is 173 Å². The molecular formula is C23H22N4O3. The van der Waals surface area contributed by atoms with Gasteiger partial charge in [-0.15, -0.1) is 0 Å². The molecule has 0 aliphatic heterocycles. The Morgan fingerprint density at radius 2 is 1.97 bits per heavy atom. The lowest BCUT2D eigenvalue weighted by atomic mass is 10.1. The van der Waals surface area contributed by atoms with E-state index in [1.165, 1.54) is 10.6 Å². The molecule has 0 amide bonds. The maximum atomic E-state index is 12.7. The van der Waals surface area contributed by atoms with Crippen LogP contribution in [-0.4, -0.2) is 14.5 Å². The summed E-state index contributed by atoms with van der Waals surface area (Å²) in [6, 6.07) is 11.0. The summed E-state index contributed by atoms with van der Waals surface area (Å²) in [4.78, 5) is 31.6. The van der Waals surface area contributed by atoms with Crippen LogP contribution in [0, 0.1) is 18.3 Å². The van der Waals surface area contributed by atoms with Gasteiger partial charge in [0, 0.05) is 18.5 Å². The Hall–Kier alpha value is -3.92. The molecule has 0 radical (unpaired) electrons. The molecule has 1 aromatic carbocycles. The van der Waals surface area contributed by atoms with Crippen LogP contribution in [-0.2, 0) is 6.54 Å². The molecule has 0 bridgehead atoms. The third-order valence-electron chi connectivity index (χ3n) is 4.49. The van der Waals surface area contributed by atoms with Crippen LogP contribution < -0.4 is 16.0 Å². The molecule has 0 aliphatic carbocycles. The molecule has 7 heteroatoms. The van der Waals surface area contributed by atoms with Gasteiger partial charge in [-0.1, -0.05) is 19.9 Å². The highest BCUT2D eigenvalue weighted by molar-refractivity contribution is 5.55. The van der Waals surface area contributed by atoms with E-state index in [2.05, 4.69) is 9.97 Å². The van der Waals surface area contributed by atoms with Crippen molar-refractivity contribution in [3.63, 3.8) is 0 Å². The van der Waals surface area contributed by atoms with Gasteiger partial charge in [-0.3, -0.25) is 19.3 Å². The first kappa shape index (κ1) is 20.8. The van der Waals surface area contributed by atoms with Crippen LogP contribution in [0.2, 0.25) is 0 Å². The van der Waals surface area contributed by atoms with Crippen LogP contribution in [0.4, 0.5) is 0 Å². The number of nitriles is 1. The second-order valence-corrected chi connectivity index (χ2v) is 7.22. The smallest absolute Gasteiger partial charge is 0.331 e. The van der Waals surface area contributed by atoms with Gasteiger partial charge in [0.2, 0.25) is 5.88 Å². The van der Waals surface area contributed by atoms with E-state index >= 15 is 0 Å². The van der Waals surface area contributed by atoms with E-state index in [1.807, 2.05) is 39.0 Å². The molecule has 7 nitrogen and oxygen atoms in total. The average molecular weight is 402 g/mol. The molecular weight excluding hydrogens is 380 g/mol. The van der Waals surface area contributed by atoms with E-state index in [1.54, 1.807) is 36.7 Å². The highest BCUT2D eigenvalue weighted by atomic mass is 16.5. The van der Waals surface area contributed by atoms with E-state index < -0.39 is 11.2 Å². The molecule has 0 saturated heterocycles. The van der Waals surface area contributed by atoms with Crippen LogP contribution in [0.5, 0.6) is 11.6 Å². The largest absolute Gasteiger partial charge is 0.440 e. The lowest BCUT2D eigenvalue weighted by Crippen LogP contribution is -2.34. The van der Waals surface area contributed by atoms with E-state index in [0.717, 1.165) is 16.7 Å². The zero-order chi connectivity index (χ0) is 21.7. The second-order valence-electron chi connectivity index (χ2n) is 7.22. The SMILES string of the molecule is Cc1cc(C=CC#N)cc(Oc2c(C(C)C)c(=O)[nH]c(=O)n2Cc2ccncc2)c1. The summed E-state index contributed by atoms with van der Waals surface area (Å²) in [5.74, 6) is 0.509. The number of aromatic nitrogens is 3. The van der Waals surface area contributed by atoms with Crippen LogP contribution >= 0.6 is 0 Å². The maximum absolute atomic E-state index is 12.7. The van der Waals surface area contributed by atoms with Gasteiger partial charge in [0.15, 0.2) is 0 Å². The van der Waals surface area contributed by atoms with Gasteiger partial charge in [0.1, 0.15) is 5.75 Å². The van der Waals surface area contributed by atoms with Crippen molar-refractivity contribution < 1.29 is 4.74 Å². The molecule has 2 heterocycles. The Bertz CT molecular complexity index is 1230. The third-order valence-corrected chi connectivity index (χ3v) is 4.49. The number of hydrogen-bond acceptors (Lipinski definition) is 5. The lowest BCUT2D eigenvalue weighted by molar-refractivity contribution is 0.410. The van der Waals surface area contributed by atoms with Crippen molar-refractivity contribution in [1.29, 1.82) is 5.26 Å². The Kier molecular flexibility index (Phi) is 6.28. The number of nitrogens with zero attached hydrogens (tertiary/aromatic N) is 3. The summed E-state index contributed by atoms with van der Waals surface area (Å²) in [6.07, 6.45) is 6.34. The number of ether oxygens (including phenoxy) is 1. The lowest BCUT2D eigenvalue weighted by Gasteiger charge is -2.19. The first-order valence-electron chi connectivity index (χ1n) is 9.50. The summed E-state index contributed by atoms with van der Waals surface area (Å²) < 4.78 is 7.56. The van der Waals surface area contributed by atoms with Gasteiger partial charge in [-0.05, 0) is 59.9 Å². The fraction of sp³-hybridized carbons (Fsp3) is 0.217. The minimum absolute atomic E-state index is 0.171. The van der Waals surface area contributed by atoms with Crippen molar-refractivity contribution in [2.45, 2.75) is 33.2 Å². The molecule has 0 saturated carbocycles. The molecule has 0 aliphatic rings. The highest BCUT2D eigenvalue weighted by Crippen LogP contribution is 2.29. The first-order valence-corrected chi connectivity index (χ1v) is 9.50. The van der Waals surface area contributed by atoms with Crippen molar-refractivity contribution >= 4 is 6.08 Å². The summed E-state index contributed by atoms with van der Waals surface area (Å²) in [7, 11) is 0. The van der Waals surface area contributed by atoms with Crippen molar-refractivity contribution in [2.24, 2.45) is 0 Å². The van der Waals surface area contributed by atoms with Gasteiger partial charge in [0.05, 0.1) is 18.2 Å². The molecule has 0 atom stereocenters. The number of pyridine rings is 1. The molecule has 3 aromatic rings. The zero-order valence-electron chi connectivity index (χ0n) is 17.0. The molecule has 2 aromatic heterocycles. The Balaban J connectivity index is 2.16. The number of rotatable bonds is 6. The van der Waals surface area contributed by atoms with E-state index in [0.29, 0.717) is 11.3 Å². The minimum atomic E-state index is -0.548. The van der Waals surface area contributed by atoms with Gasteiger partial charge in [-0.2, -0.15) is 5.26 Å². The summed E-state index contributed by atoms with van der Waals surface area (Å²) >= 11 is 0. The van der Waals surface area contributed by atoms with E-state index in [-0.39, 0.29) is 18.3 Å². The monoisotopic (exact) mass is 402 g/mol. The number of benzene rings is 1.